The first-order chi connectivity index (χ1) is 14.4. The fourth-order valence-electron chi connectivity index (χ4n) is 4.09. The van der Waals surface area contributed by atoms with Gasteiger partial charge in [-0.15, -0.1) is 0 Å². The lowest BCUT2D eigenvalue weighted by Gasteiger charge is -2.30. The molecule has 0 saturated heterocycles. The fraction of sp³-hybridized carbons (Fsp3) is 0.500. The lowest BCUT2D eigenvalue weighted by molar-refractivity contribution is 0.149. The highest BCUT2D eigenvalue weighted by Gasteiger charge is 2.31. The Kier molecular flexibility index (Phi) is 6.89. The van der Waals surface area contributed by atoms with Crippen LogP contribution in [0.2, 0.25) is 0 Å². The van der Waals surface area contributed by atoms with E-state index in [0.717, 1.165) is 17.2 Å². The predicted molar refractivity (Wildman–Crippen MR) is 118 cm³/mol. The number of halogens is 2. The van der Waals surface area contributed by atoms with Crippen LogP contribution in [0.25, 0.3) is 0 Å². The van der Waals surface area contributed by atoms with Crippen LogP contribution in [0.5, 0.6) is 0 Å². The molecule has 0 spiro atoms. The molecule has 170 valence electrons. The van der Waals surface area contributed by atoms with Crippen molar-refractivity contribution >= 4 is 9.84 Å². The van der Waals surface area contributed by atoms with Gasteiger partial charge in [-0.05, 0) is 59.1 Å². The van der Waals surface area contributed by atoms with E-state index in [1.807, 2.05) is 19.1 Å². The predicted octanol–water partition coefficient (Wildman–Crippen LogP) is 4.63. The molecule has 31 heavy (non-hydrogen) atoms. The van der Waals surface area contributed by atoms with Crippen LogP contribution in [0.1, 0.15) is 69.2 Å². The van der Waals surface area contributed by atoms with Gasteiger partial charge in [0, 0.05) is 18.7 Å². The Morgan fingerprint density at radius 2 is 1.77 bits per heavy atom. The molecule has 0 aromatic heterocycles. The molecule has 2 aromatic carbocycles. The van der Waals surface area contributed by atoms with Gasteiger partial charge in [-0.1, -0.05) is 39.8 Å². The van der Waals surface area contributed by atoms with Crippen molar-refractivity contribution in [1.29, 1.82) is 0 Å². The van der Waals surface area contributed by atoms with E-state index in [-0.39, 0.29) is 29.7 Å². The molecule has 3 unspecified atom stereocenters. The molecule has 0 fully saturated rings. The molecule has 2 N–H and O–H groups in total. The summed E-state index contributed by atoms with van der Waals surface area (Å²) in [6, 6.07) is 8.72. The highest BCUT2D eigenvalue weighted by atomic mass is 32.2. The molecule has 0 aliphatic carbocycles. The molecule has 0 radical (unpaired) electrons. The van der Waals surface area contributed by atoms with Crippen molar-refractivity contribution in [3.05, 3.63) is 64.7 Å². The Hall–Kier alpha value is -1.83. The van der Waals surface area contributed by atoms with Crippen molar-refractivity contribution < 1.29 is 22.3 Å². The Labute approximate surface area is 183 Å². The number of rotatable bonds is 6. The third-order valence-corrected chi connectivity index (χ3v) is 7.76. The van der Waals surface area contributed by atoms with Crippen molar-refractivity contribution in [2.75, 3.05) is 12.3 Å². The van der Waals surface area contributed by atoms with Crippen LogP contribution in [-0.4, -0.2) is 31.9 Å². The molecule has 0 amide bonds. The van der Waals surface area contributed by atoms with Gasteiger partial charge < -0.3 is 10.4 Å². The summed E-state index contributed by atoms with van der Waals surface area (Å²) in [4.78, 5) is 0.349. The zero-order chi connectivity index (χ0) is 23.0. The summed E-state index contributed by atoms with van der Waals surface area (Å²) in [6.45, 7) is 8.31. The normalized spacial score (nSPS) is 20.2. The van der Waals surface area contributed by atoms with Crippen LogP contribution in [0.15, 0.2) is 41.3 Å². The van der Waals surface area contributed by atoms with Crippen molar-refractivity contribution in [3.63, 3.8) is 0 Å². The molecular formula is C24H31F2NO3S. The third-order valence-electron chi connectivity index (χ3n) is 5.94. The SMILES string of the molecule is CC(CC(O)CNC1CCS(=O)(=O)c2ccc(C(C)(C)C)cc21)c1cc(F)cc(F)c1. The summed E-state index contributed by atoms with van der Waals surface area (Å²) in [5, 5.41) is 13.8. The molecule has 4 nitrogen and oxygen atoms in total. The smallest absolute Gasteiger partial charge is 0.178 e. The van der Waals surface area contributed by atoms with Crippen molar-refractivity contribution in [1.82, 2.24) is 5.32 Å². The molecule has 3 atom stereocenters. The Morgan fingerprint density at radius 3 is 2.39 bits per heavy atom. The fourth-order valence-corrected chi connectivity index (χ4v) is 5.69. The first-order valence-corrected chi connectivity index (χ1v) is 12.3. The summed E-state index contributed by atoms with van der Waals surface area (Å²) < 4.78 is 52.0. The van der Waals surface area contributed by atoms with E-state index in [1.54, 1.807) is 6.07 Å². The third kappa shape index (κ3) is 5.70. The van der Waals surface area contributed by atoms with E-state index in [9.17, 15) is 22.3 Å². The molecular weight excluding hydrogens is 420 g/mol. The van der Waals surface area contributed by atoms with Gasteiger partial charge in [-0.3, -0.25) is 0 Å². The van der Waals surface area contributed by atoms with Crippen LogP contribution in [0.4, 0.5) is 8.78 Å². The Bertz CT molecular complexity index is 1030. The lowest BCUT2D eigenvalue weighted by Crippen LogP contribution is -2.35. The minimum atomic E-state index is -3.31. The van der Waals surface area contributed by atoms with E-state index < -0.39 is 27.6 Å². The summed E-state index contributed by atoms with van der Waals surface area (Å²) in [6.07, 6.45) is 0.0185. The molecule has 0 saturated carbocycles. The number of fused-ring (bicyclic) bond motifs is 1. The molecule has 7 heteroatoms. The van der Waals surface area contributed by atoms with Gasteiger partial charge in [-0.2, -0.15) is 0 Å². The largest absolute Gasteiger partial charge is 0.392 e. The van der Waals surface area contributed by atoms with Gasteiger partial charge in [-0.25, -0.2) is 17.2 Å². The number of hydrogen-bond donors (Lipinski definition) is 2. The number of aliphatic hydroxyl groups is 1. The summed E-state index contributed by atoms with van der Waals surface area (Å²) >= 11 is 0. The monoisotopic (exact) mass is 451 g/mol. The van der Waals surface area contributed by atoms with Gasteiger partial charge in [0.25, 0.3) is 0 Å². The van der Waals surface area contributed by atoms with Crippen LogP contribution >= 0.6 is 0 Å². The van der Waals surface area contributed by atoms with Gasteiger partial charge in [0.1, 0.15) is 11.6 Å². The average Bonchev–Trinajstić information content (AvgIpc) is 2.65. The quantitative estimate of drug-likeness (QED) is 0.672. The molecule has 1 aliphatic rings. The van der Waals surface area contributed by atoms with Crippen molar-refractivity contribution in [3.8, 4) is 0 Å². The second-order valence-corrected chi connectivity index (χ2v) is 11.6. The number of sulfone groups is 1. The van der Waals surface area contributed by atoms with Crippen LogP contribution in [-0.2, 0) is 15.3 Å². The lowest BCUT2D eigenvalue weighted by atomic mass is 9.85. The number of nitrogens with one attached hydrogen (secondary N) is 1. The van der Waals surface area contributed by atoms with Gasteiger partial charge >= 0.3 is 0 Å². The number of benzene rings is 2. The first kappa shape index (κ1) is 23.8. The van der Waals surface area contributed by atoms with Gasteiger partial charge in [0.05, 0.1) is 16.8 Å². The summed E-state index contributed by atoms with van der Waals surface area (Å²) in [7, 11) is -3.31. The van der Waals surface area contributed by atoms with Crippen LogP contribution < -0.4 is 5.32 Å². The van der Waals surface area contributed by atoms with Crippen molar-refractivity contribution in [2.24, 2.45) is 0 Å². The maximum atomic E-state index is 13.5. The van der Waals surface area contributed by atoms with Crippen LogP contribution in [0, 0.1) is 11.6 Å². The minimum Gasteiger partial charge on any atom is -0.392 e. The van der Waals surface area contributed by atoms with E-state index >= 15 is 0 Å². The second-order valence-electron chi connectivity index (χ2n) is 9.56. The maximum absolute atomic E-state index is 13.5. The maximum Gasteiger partial charge on any atom is 0.178 e. The number of hydrogen-bond acceptors (Lipinski definition) is 4. The number of aliphatic hydroxyl groups excluding tert-OH is 1. The highest BCUT2D eigenvalue weighted by molar-refractivity contribution is 7.91. The van der Waals surface area contributed by atoms with E-state index in [0.29, 0.717) is 23.3 Å². The topological polar surface area (TPSA) is 66.4 Å². The average molecular weight is 452 g/mol. The molecule has 1 heterocycles. The summed E-state index contributed by atoms with van der Waals surface area (Å²) in [5.74, 6) is -1.44. The zero-order valence-electron chi connectivity index (χ0n) is 18.5. The van der Waals surface area contributed by atoms with E-state index in [1.165, 1.54) is 12.1 Å². The zero-order valence-corrected chi connectivity index (χ0v) is 19.3. The van der Waals surface area contributed by atoms with Gasteiger partial charge in [0.2, 0.25) is 0 Å². The van der Waals surface area contributed by atoms with Gasteiger partial charge in [0.15, 0.2) is 9.84 Å². The van der Waals surface area contributed by atoms with Crippen molar-refractivity contribution in [2.45, 2.75) is 68.9 Å². The Morgan fingerprint density at radius 1 is 1.13 bits per heavy atom. The molecule has 0 bridgehead atoms. The van der Waals surface area contributed by atoms with Crippen LogP contribution in [0.3, 0.4) is 0 Å². The molecule has 3 rings (SSSR count). The Balaban J connectivity index is 1.72. The molecule has 1 aliphatic heterocycles. The standard InChI is InChI=1S/C24H31F2NO3S/c1-15(16-10-18(25)13-19(26)11-16)9-20(28)14-27-22-7-8-31(29,30)23-6-5-17(12-21(22)23)24(2,3)4/h5-6,10-13,15,20,22,27-28H,7-9,14H2,1-4H3. The minimum absolute atomic E-state index is 0.0571. The van der Waals surface area contributed by atoms with E-state index in [2.05, 4.69) is 26.1 Å². The van der Waals surface area contributed by atoms with E-state index in [4.69, 9.17) is 0 Å². The molecule has 2 aromatic rings. The first-order valence-electron chi connectivity index (χ1n) is 10.6. The summed E-state index contributed by atoms with van der Waals surface area (Å²) in [5.41, 5.74) is 2.18. The highest BCUT2D eigenvalue weighted by Crippen LogP contribution is 2.35. The second kappa shape index (κ2) is 8.96.